The summed E-state index contributed by atoms with van der Waals surface area (Å²) in [5, 5.41) is 8.23. The average Bonchev–Trinajstić information content (AvgIpc) is 3.20. The third kappa shape index (κ3) is 4.04. The van der Waals surface area contributed by atoms with Gasteiger partial charge in [0.25, 0.3) is 0 Å². The van der Waals surface area contributed by atoms with Gasteiger partial charge in [0.05, 0.1) is 19.9 Å². The Morgan fingerprint density at radius 3 is 2.77 bits per heavy atom. The lowest BCUT2D eigenvalue weighted by molar-refractivity contribution is -0.126. The molecule has 1 aliphatic rings. The molecule has 6 nitrogen and oxygen atoms in total. The molecule has 1 aliphatic heterocycles. The second-order valence-electron chi connectivity index (χ2n) is 7.00. The first-order valence-electron chi connectivity index (χ1n) is 9.60. The van der Waals surface area contributed by atoms with E-state index < -0.39 is 0 Å². The number of hydrogen-bond donors (Lipinski definition) is 1. The first kappa shape index (κ1) is 20.0. The summed E-state index contributed by atoms with van der Waals surface area (Å²) in [7, 11) is 3.18. The Labute approximate surface area is 180 Å². The molecule has 4 rings (SSSR count). The van der Waals surface area contributed by atoms with Gasteiger partial charge in [0.15, 0.2) is 11.5 Å². The quantitative estimate of drug-likeness (QED) is 0.619. The monoisotopic (exact) mass is 423 g/mol. The maximum Gasteiger partial charge on any atom is 0.246 e. The van der Waals surface area contributed by atoms with E-state index in [9.17, 15) is 4.79 Å². The number of methoxy groups -OCH3 is 2. The van der Waals surface area contributed by atoms with Crippen molar-refractivity contribution in [2.45, 2.75) is 13.0 Å². The zero-order chi connectivity index (χ0) is 21.1. The van der Waals surface area contributed by atoms with Crippen molar-refractivity contribution < 1.29 is 14.3 Å². The minimum Gasteiger partial charge on any atom is -0.493 e. The summed E-state index contributed by atoms with van der Waals surface area (Å²) in [4.78, 5) is 14.6. The number of carbonyl (C=O) groups excluding carboxylic acids is 1. The van der Waals surface area contributed by atoms with Crippen molar-refractivity contribution in [3.05, 3.63) is 70.4 Å². The van der Waals surface area contributed by atoms with Crippen LogP contribution in [0.4, 0.5) is 0 Å². The van der Waals surface area contributed by atoms with E-state index in [0.717, 1.165) is 34.5 Å². The summed E-state index contributed by atoms with van der Waals surface area (Å²) in [6.07, 6.45) is 4.11. The zero-order valence-electron chi connectivity index (χ0n) is 16.8. The number of ether oxygens (including phenoxy) is 2. The average molecular weight is 424 g/mol. The first-order chi connectivity index (χ1) is 14.6. The van der Waals surface area contributed by atoms with Crippen LogP contribution in [0, 0.1) is 0 Å². The second kappa shape index (κ2) is 8.63. The molecule has 2 heterocycles. The van der Waals surface area contributed by atoms with Crippen LogP contribution in [0.3, 0.4) is 0 Å². The lowest BCUT2D eigenvalue weighted by Gasteiger charge is -2.26. The molecule has 1 aromatic heterocycles. The molecule has 0 radical (unpaired) electrons. The van der Waals surface area contributed by atoms with E-state index in [1.54, 1.807) is 26.4 Å². The van der Waals surface area contributed by atoms with Gasteiger partial charge in [-0.1, -0.05) is 29.8 Å². The number of hydrogen-bond acceptors (Lipinski definition) is 4. The summed E-state index contributed by atoms with van der Waals surface area (Å²) in [6.45, 7) is 1.14. The summed E-state index contributed by atoms with van der Waals surface area (Å²) in [6, 6.07) is 13.1. The Balaban J connectivity index is 1.51. The van der Waals surface area contributed by atoms with E-state index >= 15 is 0 Å². The van der Waals surface area contributed by atoms with E-state index in [1.807, 2.05) is 47.4 Å². The fraction of sp³-hybridized carbons (Fsp3) is 0.217. The molecule has 0 unspecified atom stereocenters. The number of H-pyrrole nitrogens is 1. The van der Waals surface area contributed by atoms with Gasteiger partial charge in [-0.2, -0.15) is 5.10 Å². The highest BCUT2D eigenvalue weighted by atomic mass is 35.5. The third-order valence-corrected chi connectivity index (χ3v) is 5.40. The van der Waals surface area contributed by atoms with Gasteiger partial charge in [0, 0.05) is 47.4 Å². The maximum absolute atomic E-state index is 12.8. The van der Waals surface area contributed by atoms with Crippen LogP contribution in [0.2, 0.25) is 5.02 Å². The largest absolute Gasteiger partial charge is 0.493 e. The number of nitrogens with one attached hydrogen (secondary N) is 1. The molecular formula is C23H22ClN3O3. The van der Waals surface area contributed by atoms with Crippen molar-refractivity contribution in [2.75, 3.05) is 20.8 Å². The van der Waals surface area contributed by atoms with Crippen molar-refractivity contribution in [2.24, 2.45) is 0 Å². The number of fused-ring (bicyclic) bond motifs is 1. The molecule has 0 spiro atoms. The Morgan fingerprint density at radius 1 is 1.17 bits per heavy atom. The molecule has 0 atom stereocenters. The van der Waals surface area contributed by atoms with Gasteiger partial charge >= 0.3 is 0 Å². The van der Waals surface area contributed by atoms with Gasteiger partial charge < -0.3 is 14.4 Å². The number of halogens is 1. The summed E-state index contributed by atoms with van der Waals surface area (Å²) >= 11 is 6.14. The predicted molar refractivity (Wildman–Crippen MR) is 117 cm³/mol. The molecule has 0 aliphatic carbocycles. The molecule has 0 fully saturated rings. The number of nitrogens with zero attached hydrogens (tertiary/aromatic N) is 2. The normalized spacial score (nSPS) is 13.4. The van der Waals surface area contributed by atoms with Crippen LogP contribution in [-0.2, 0) is 17.8 Å². The van der Waals surface area contributed by atoms with E-state index in [1.165, 1.54) is 0 Å². The number of carbonyl (C=O) groups is 1. The summed E-state index contributed by atoms with van der Waals surface area (Å²) in [5.41, 5.74) is 4.75. The van der Waals surface area contributed by atoms with Gasteiger partial charge in [-0.25, -0.2) is 0 Å². The number of aromatic amines is 1. The molecule has 1 N–H and O–H groups in total. The van der Waals surface area contributed by atoms with Crippen LogP contribution >= 0.6 is 11.6 Å². The van der Waals surface area contributed by atoms with Crippen molar-refractivity contribution >= 4 is 23.6 Å². The highest BCUT2D eigenvalue weighted by molar-refractivity contribution is 6.30. The smallest absolute Gasteiger partial charge is 0.246 e. The Bertz CT molecular complexity index is 1110. The topological polar surface area (TPSA) is 67.5 Å². The highest BCUT2D eigenvalue weighted by Crippen LogP contribution is 2.30. The molecule has 0 saturated heterocycles. The number of rotatable bonds is 5. The van der Waals surface area contributed by atoms with Crippen LogP contribution < -0.4 is 9.47 Å². The highest BCUT2D eigenvalue weighted by Gasteiger charge is 2.24. The molecular weight excluding hydrogens is 402 g/mol. The van der Waals surface area contributed by atoms with E-state index in [4.69, 9.17) is 21.1 Å². The molecule has 30 heavy (non-hydrogen) atoms. The Kier molecular flexibility index (Phi) is 5.77. The molecule has 2 aromatic carbocycles. The lowest BCUT2D eigenvalue weighted by Crippen LogP contribution is -2.34. The fourth-order valence-corrected chi connectivity index (χ4v) is 3.78. The van der Waals surface area contributed by atoms with Crippen molar-refractivity contribution in [3.63, 3.8) is 0 Å². The SMILES string of the molecule is COc1ccc(/C=C/C(=O)N2CCc3[nH]nc(-c4cccc(Cl)c4)c3C2)cc1OC. The second-order valence-corrected chi connectivity index (χ2v) is 7.43. The van der Waals surface area contributed by atoms with E-state index in [-0.39, 0.29) is 5.91 Å². The fourth-order valence-electron chi connectivity index (χ4n) is 3.59. The Hall–Kier alpha value is -3.25. The van der Waals surface area contributed by atoms with Crippen LogP contribution in [0.1, 0.15) is 16.8 Å². The first-order valence-corrected chi connectivity index (χ1v) is 9.98. The molecule has 0 bridgehead atoms. The van der Waals surface area contributed by atoms with Crippen molar-refractivity contribution in [1.82, 2.24) is 15.1 Å². The summed E-state index contributed by atoms with van der Waals surface area (Å²) in [5.74, 6) is 1.23. The Morgan fingerprint density at radius 2 is 2.00 bits per heavy atom. The van der Waals surface area contributed by atoms with Crippen molar-refractivity contribution in [3.8, 4) is 22.8 Å². The van der Waals surface area contributed by atoms with Gasteiger partial charge in [0.2, 0.25) is 5.91 Å². The van der Waals surface area contributed by atoms with Crippen LogP contribution in [0.25, 0.3) is 17.3 Å². The van der Waals surface area contributed by atoms with Gasteiger partial charge in [0.1, 0.15) is 0 Å². The number of aromatic nitrogens is 2. The van der Waals surface area contributed by atoms with Crippen LogP contribution in [-0.4, -0.2) is 41.8 Å². The number of amides is 1. The van der Waals surface area contributed by atoms with E-state index in [2.05, 4.69) is 10.2 Å². The van der Waals surface area contributed by atoms with E-state index in [0.29, 0.717) is 29.6 Å². The maximum atomic E-state index is 12.8. The van der Waals surface area contributed by atoms with Gasteiger partial charge in [-0.15, -0.1) is 0 Å². The van der Waals surface area contributed by atoms with Crippen LogP contribution in [0.5, 0.6) is 11.5 Å². The summed E-state index contributed by atoms with van der Waals surface area (Å²) < 4.78 is 10.6. The molecule has 0 saturated carbocycles. The third-order valence-electron chi connectivity index (χ3n) is 5.17. The van der Waals surface area contributed by atoms with Crippen LogP contribution in [0.15, 0.2) is 48.5 Å². The van der Waals surface area contributed by atoms with Crippen molar-refractivity contribution in [1.29, 1.82) is 0 Å². The molecule has 1 amide bonds. The molecule has 3 aromatic rings. The van der Waals surface area contributed by atoms with Gasteiger partial charge in [-0.05, 0) is 35.9 Å². The van der Waals surface area contributed by atoms with Gasteiger partial charge in [-0.3, -0.25) is 9.89 Å². The molecule has 7 heteroatoms. The minimum atomic E-state index is -0.0475. The zero-order valence-corrected chi connectivity index (χ0v) is 17.6. The number of benzene rings is 2. The lowest BCUT2D eigenvalue weighted by atomic mass is 10.0. The predicted octanol–water partition coefficient (Wildman–Crippen LogP) is 4.35. The molecule has 154 valence electrons. The minimum absolute atomic E-state index is 0.0475. The standard InChI is InChI=1S/C23H22ClN3O3/c1-29-20-8-6-15(12-21(20)30-2)7-9-22(28)27-11-10-19-18(14-27)23(26-25-19)16-4-3-5-17(24)13-16/h3-9,12-13H,10-11,14H2,1-2H3,(H,25,26)/b9-7+.